The molecule has 1 unspecified atom stereocenters. The molecule has 0 spiro atoms. The molecular formula is C20H29Cl2FN4O. The van der Waals surface area contributed by atoms with Gasteiger partial charge in [-0.2, -0.15) is 5.10 Å². The van der Waals surface area contributed by atoms with Crippen molar-refractivity contribution in [2.45, 2.75) is 45.4 Å². The summed E-state index contributed by atoms with van der Waals surface area (Å²) < 4.78 is 14.8. The Morgan fingerprint density at radius 1 is 1.21 bits per heavy atom. The molecule has 156 valence electrons. The number of benzene rings is 1. The third-order valence-corrected chi connectivity index (χ3v) is 5.45. The smallest absolute Gasteiger partial charge is 0.132 e. The molecule has 0 aliphatic carbocycles. The zero-order valence-electron chi connectivity index (χ0n) is 16.2. The van der Waals surface area contributed by atoms with E-state index < -0.39 is 6.10 Å². The van der Waals surface area contributed by atoms with Crippen LogP contribution < -0.4 is 5.32 Å². The van der Waals surface area contributed by atoms with Gasteiger partial charge in [-0.25, -0.2) is 9.07 Å². The number of β-amino-alcohol motifs (C(OH)–C–C–N with tert-alkyl or cyclic N) is 1. The van der Waals surface area contributed by atoms with Crippen molar-refractivity contribution in [3.8, 4) is 0 Å². The maximum Gasteiger partial charge on any atom is 0.132 e. The second kappa shape index (κ2) is 11.1. The van der Waals surface area contributed by atoms with Crippen LogP contribution in [0.25, 0.3) is 0 Å². The van der Waals surface area contributed by atoms with Crippen LogP contribution in [-0.2, 0) is 13.1 Å². The molecule has 8 heteroatoms. The number of hydrogen-bond acceptors (Lipinski definition) is 4. The molecule has 1 atom stereocenters. The Morgan fingerprint density at radius 2 is 1.89 bits per heavy atom. The summed E-state index contributed by atoms with van der Waals surface area (Å²) >= 11 is 6.50. The lowest BCUT2D eigenvalue weighted by Crippen LogP contribution is -2.40. The summed E-state index contributed by atoms with van der Waals surface area (Å²) in [5.74, 6) is -0.255. The van der Waals surface area contributed by atoms with Crippen LogP contribution in [-0.4, -0.2) is 52.1 Å². The molecule has 1 aromatic heterocycles. The van der Waals surface area contributed by atoms with Gasteiger partial charge >= 0.3 is 0 Å². The largest absolute Gasteiger partial charge is 0.390 e. The Morgan fingerprint density at radius 3 is 2.57 bits per heavy atom. The first kappa shape index (κ1) is 23.1. The van der Waals surface area contributed by atoms with Crippen LogP contribution in [0.2, 0.25) is 5.15 Å². The lowest BCUT2D eigenvalue weighted by Gasteiger charge is -2.28. The molecule has 1 fully saturated rings. The number of nitrogens with one attached hydrogen (secondary N) is 1. The second-order valence-electron chi connectivity index (χ2n) is 7.28. The van der Waals surface area contributed by atoms with Gasteiger partial charge in [0.15, 0.2) is 0 Å². The SMILES string of the molecule is Cc1nn(Cc2ccc(F)cc2)c(Cl)c1CNCC(O)CN1CCCCC1.Cl. The van der Waals surface area contributed by atoms with E-state index in [4.69, 9.17) is 11.6 Å². The number of piperidine rings is 1. The van der Waals surface area contributed by atoms with E-state index in [0.29, 0.717) is 31.3 Å². The number of aliphatic hydroxyl groups excluding tert-OH is 1. The summed E-state index contributed by atoms with van der Waals surface area (Å²) in [5, 5.41) is 18.6. The number of aromatic nitrogens is 2. The molecule has 3 rings (SSSR count). The van der Waals surface area contributed by atoms with Crippen molar-refractivity contribution in [1.82, 2.24) is 20.0 Å². The van der Waals surface area contributed by atoms with E-state index in [1.54, 1.807) is 16.8 Å². The summed E-state index contributed by atoms with van der Waals surface area (Å²) in [6.45, 7) is 6.38. The molecule has 1 aliphatic rings. The third kappa shape index (κ3) is 6.42. The van der Waals surface area contributed by atoms with E-state index in [1.807, 2.05) is 6.92 Å². The monoisotopic (exact) mass is 430 g/mol. The fourth-order valence-electron chi connectivity index (χ4n) is 3.53. The molecule has 2 heterocycles. The van der Waals surface area contributed by atoms with Crippen molar-refractivity contribution in [3.63, 3.8) is 0 Å². The maximum atomic E-state index is 13.0. The Labute approximate surface area is 177 Å². The van der Waals surface area contributed by atoms with Gasteiger partial charge < -0.3 is 15.3 Å². The molecule has 0 radical (unpaired) electrons. The minimum Gasteiger partial charge on any atom is -0.390 e. The van der Waals surface area contributed by atoms with Crippen LogP contribution in [0, 0.1) is 12.7 Å². The second-order valence-corrected chi connectivity index (χ2v) is 7.64. The van der Waals surface area contributed by atoms with Crippen molar-refractivity contribution in [3.05, 3.63) is 52.1 Å². The van der Waals surface area contributed by atoms with Crippen LogP contribution in [0.3, 0.4) is 0 Å². The molecule has 2 N–H and O–H groups in total. The van der Waals surface area contributed by atoms with E-state index in [0.717, 1.165) is 29.9 Å². The van der Waals surface area contributed by atoms with Gasteiger partial charge in [-0.05, 0) is 50.6 Å². The third-order valence-electron chi connectivity index (χ3n) is 5.03. The Kier molecular flexibility index (Phi) is 9.18. The van der Waals surface area contributed by atoms with Gasteiger partial charge in [0.2, 0.25) is 0 Å². The maximum absolute atomic E-state index is 13.0. The minimum absolute atomic E-state index is 0. The Balaban J connectivity index is 0.00000280. The Bertz CT molecular complexity index is 733. The quantitative estimate of drug-likeness (QED) is 0.673. The molecule has 0 bridgehead atoms. The predicted octanol–water partition coefficient (Wildman–Crippen LogP) is 3.39. The van der Waals surface area contributed by atoms with Crippen molar-refractivity contribution >= 4 is 24.0 Å². The highest BCUT2D eigenvalue weighted by Crippen LogP contribution is 2.21. The number of aliphatic hydroxyl groups is 1. The van der Waals surface area contributed by atoms with Crippen molar-refractivity contribution in [1.29, 1.82) is 0 Å². The topological polar surface area (TPSA) is 53.3 Å². The van der Waals surface area contributed by atoms with Crippen LogP contribution in [0.15, 0.2) is 24.3 Å². The van der Waals surface area contributed by atoms with Gasteiger partial charge in [0, 0.05) is 25.2 Å². The fourth-order valence-corrected chi connectivity index (χ4v) is 3.83. The summed E-state index contributed by atoms with van der Waals surface area (Å²) in [6, 6.07) is 6.34. The summed E-state index contributed by atoms with van der Waals surface area (Å²) in [5.41, 5.74) is 2.74. The number of likely N-dealkylation sites (tertiary alicyclic amines) is 1. The van der Waals surface area contributed by atoms with Gasteiger partial charge in [0.25, 0.3) is 0 Å². The van der Waals surface area contributed by atoms with Gasteiger partial charge in [-0.15, -0.1) is 12.4 Å². The van der Waals surface area contributed by atoms with Crippen LogP contribution in [0.1, 0.15) is 36.1 Å². The lowest BCUT2D eigenvalue weighted by molar-refractivity contribution is 0.1000. The van der Waals surface area contributed by atoms with E-state index in [-0.39, 0.29) is 18.2 Å². The van der Waals surface area contributed by atoms with Crippen molar-refractivity contribution < 1.29 is 9.50 Å². The van der Waals surface area contributed by atoms with Gasteiger partial charge in [-0.1, -0.05) is 30.2 Å². The predicted molar refractivity (Wildman–Crippen MR) is 113 cm³/mol. The van der Waals surface area contributed by atoms with Gasteiger partial charge in [-0.3, -0.25) is 0 Å². The number of rotatable bonds is 8. The van der Waals surface area contributed by atoms with Crippen LogP contribution >= 0.6 is 24.0 Å². The first-order chi connectivity index (χ1) is 13.0. The first-order valence-corrected chi connectivity index (χ1v) is 9.98. The van der Waals surface area contributed by atoms with Gasteiger partial charge in [0.05, 0.1) is 18.3 Å². The minimum atomic E-state index is -0.392. The zero-order valence-corrected chi connectivity index (χ0v) is 17.8. The van der Waals surface area contributed by atoms with E-state index in [2.05, 4.69) is 15.3 Å². The average Bonchev–Trinajstić information content (AvgIpc) is 2.92. The summed E-state index contributed by atoms with van der Waals surface area (Å²) in [7, 11) is 0. The lowest BCUT2D eigenvalue weighted by atomic mass is 10.1. The molecule has 5 nitrogen and oxygen atoms in total. The highest BCUT2D eigenvalue weighted by atomic mass is 35.5. The number of nitrogens with zero attached hydrogens (tertiary/aromatic N) is 3. The summed E-state index contributed by atoms with van der Waals surface area (Å²) in [4.78, 5) is 2.33. The molecule has 1 aliphatic heterocycles. The molecule has 2 aromatic rings. The summed E-state index contributed by atoms with van der Waals surface area (Å²) in [6.07, 6.45) is 3.35. The van der Waals surface area contributed by atoms with E-state index in [1.165, 1.54) is 31.4 Å². The zero-order chi connectivity index (χ0) is 19.2. The fraction of sp³-hybridized carbons (Fsp3) is 0.550. The van der Waals surface area contributed by atoms with Gasteiger partial charge in [0.1, 0.15) is 11.0 Å². The molecule has 28 heavy (non-hydrogen) atoms. The first-order valence-electron chi connectivity index (χ1n) is 9.60. The van der Waals surface area contributed by atoms with Crippen molar-refractivity contribution in [2.24, 2.45) is 0 Å². The van der Waals surface area contributed by atoms with E-state index in [9.17, 15) is 9.50 Å². The number of hydrogen-bond donors (Lipinski definition) is 2. The highest BCUT2D eigenvalue weighted by molar-refractivity contribution is 6.30. The standard InChI is InChI=1S/C20H28ClFN4O.ClH/c1-15-19(12-23-11-18(27)14-25-9-3-2-4-10-25)20(21)26(24-15)13-16-5-7-17(22)8-6-16;/h5-8,18,23,27H,2-4,9-14H2,1H3;1H. The molecule has 1 aromatic carbocycles. The molecule has 0 saturated carbocycles. The van der Waals surface area contributed by atoms with Crippen molar-refractivity contribution in [2.75, 3.05) is 26.2 Å². The Hall–Kier alpha value is -1.18. The number of aryl methyl sites for hydroxylation is 1. The molecule has 1 saturated heterocycles. The van der Waals surface area contributed by atoms with Crippen LogP contribution in [0.4, 0.5) is 4.39 Å². The number of halogens is 3. The van der Waals surface area contributed by atoms with E-state index >= 15 is 0 Å². The molecular weight excluding hydrogens is 402 g/mol. The normalized spacial score (nSPS) is 16.0. The highest BCUT2D eigenvalue weighted by Gasteiger charge is 2.16. The van der Waals surface area contributed by atoms with Crippen LogP contribution in [0.5, 0.6) is 0 Å². The average molecular weight is 431 g/mol. The molecule has 0 amide bonds.